The van der Waals surface area contributed by atoms with E-state index in [1.54, 1.807) is 6.07 Å². The highest BCUT2D eigenvalue weighted by atomic mass is 35.5. The number of halogens is 2. The highest BCUT2D eigenvalue weighted by Gasteiger charge is 2.09. The first kappa shape index (κ1) is 14.0. The molecule has 3 heteroatoms. The molecule has 0 spiro atoms. The predicted molar refractivity (Wildman–Crippen MR) is 77.8 cm³/mol. The van der Waals surface area contributed by atoms with Crippen molar-refractivity contribution >= 4 is 11.6 Å². The van der Waals surface area contributed by atoms with Crippen LogP contribution in [0.25, 0.3) is 0 Å². The topological polar surface area (TPSA) is 12.0 Å². The molecule has 100 valence electrons. The van der Waals surface area contributed by atoms with E-state index in [0.29, 0.717) is 12.1 Å². The lowest BCUT2D eigenvalue weighted by Gasteiger charge is -2.16. The summed E-state index contributed by atoms with van der Waals surface area (Å²) in [5.41, 5.74) is 2.76. The summed E-state index contributed by atoms with van der Waals surface area (Å²) >= 11 is 6.14. The molecule has 0 saturated carbocycles. The minimum absolute atomic E-state index is 0.0774. The highest BCUT2D eigenvalue weighted by molar-refractivity contribution is 6.31. The zero-order valence-corrected chi connectivity index (χ0v) is 11.8. The molecular weight excluding hydrogens is 261 g/mol. The van der Waals surface area contributed by atoms with Gasteiger partial charge in [0.25, 0.3) is 0 Å². The average molecular weight is 278 g/mol. The molecule has 0 unspecified atom stereocenters. The molecule has 0 heterocycles. The largest absolute Gasteiger partial charge is 0.306 e. The molecule has 0 aliphatic rings. The van der Waals surface area contributed by atoms with Crippen molar-refractivity contribution < 1.29 is 4.39 Å². The van der Waals surface area contributed by atoms with Crippen LogP contribution in [0.3, 0.4) is 0 Å². The molecule has 0 saturated heterocycles. The normalized spacial score (nSPS) is 12.4. The molecule has 0 fully saturated rings. The summed E-state index contributed by atoms with van der Waals surface area (Å²) in [6, 6.07) is 12.9. The maximum Gasteiger partial charge on any atom is 0.127 e. The Hall–Kier alpha value is -1.38. The Kier molecular flexibility index (Phi) is 4.56. The first-order valence-corrected chi connectivity index (χ1v) is 6.68. The van der Waals surface area contributed by atoms with Crippen LogP contribution in [0.1, 0.15) is 29.7 Å². The fourth-order valence-electron chi connectivity index (χ4n) is 2.04. The molecule has 0 bridgehead atoms. The monoisotopic (exact) mass is 277 g/mol. The van der Waals surface area contributed by atoms with Crippen LogP contribution in [0.4, 0.5) is 4.39 Å². The van der Waals surface area contributed by atoms with E-state index in [2.05, 4.69) is 5.32 Å². The zero-order valence-electron chi connectivity index (χ0n) is 11.1. The lowest BCUT2D eigenvalue weighted by molar-refractivity contribution is 0.544. The van der Waals surface area contributed by atoms with Gasteiger partial charge in [0, 0.05) is 23.2 Å². The quantitative estimate of drug-likeness (QED) is 0.858. The Bertz CT molecular complexity index is 568. The van der Waals surface area contributed by atoms with Gasteiger partial charge in [-0.3, -0.25) is 0 Å². The lowest BCUT2D eigenvalue weighted by Crippen LogP contribution is -2.19. The van der Waals surface area contributed by atoms with Gasteiger partial charge in [0.05, 0.1) is 0 Å². The first-order valence-electron chi connectivity index (χ1n) is 6.31. The molecule has 19 heavy (non-hydrogen) atoms. The maximum atomic E-state index is 13.6. The Morgan fingerprint density at radius 1 is 1.21 bits per heavy atom. The number of hydrogen-bond donors (Lipinski definition) is 1. The van der Waals surface area contributed by atoms with Crippen LogP contribution < -0.4 is 5.32 Å². The smallest absolute Gasteiger partial charge is 0.127 e. The number of benzene rings is 2. The van der Waals surface area contributed by atoms with Gasteiger partial charge in [-0.15, -0.1) is 0 Å². The molecule has 2 aromatic rings. The molecule has 2 aromatic carbocycles. The minimum atomic E-state index is -0.176. The molecule has 0 amide bonds. The SMILES string of the molecule is Cc1ccc(F)c(CN[C@@H](C)c2ccccc2Cl)c1. The second-order valence-corrected chi connectivity index (χ2v) is 5.13. The lowest BCUT2D eigenvalue weighted by atomic mass is 10.1. The fraction of sp³-hybridized carbons (Fsp3) is 0.250. The van der Waals surface area contributed by atoms with E-state index < -0.39 is 0 Å². The van der Waals surface area contributed by atoms with Crippen molar-refractivity contribution in [1.29, 1.82) is 0 Å². The van der Waals surface area contributed by atoms with Crippen LogP contribution >= 0.6 is 11.6 Å². The van der Waals surface area contributed by atoms with Crippen LogP contribution in [0, 0.1) is 12.7 Å². The van der Waals surface area contributed by atoms with Crippen molar-refractivity contribution in [2.75, 3.05) is 0 Å². The first-order chi connectivity index (χ1) is 9.08. The van der Waals surface area contributed by atoms with Crippen molar-refractivity contribution in [3.63, 3.8) is 0 Å². The van der Waals surface area contributed by atoms with Gasteiger partial charge in [-0.25, -0.2) is 4.39 Å². The van der Waals surface area contributed by atoms with E-state index in [0.717, 1.165) is 16.1 Å². The van der Waals surface area contributed by atoms with Crippen molar-refractivity contribution in [3.05, 3.63) is 70.0 Å². The van der Waals surface area contributed by atoms with Gasteiger partial charge in [-0.1, -0.05) is 47.5 Å². The van der Waals surface area contributed by atoms with Crippen LogP contribution in [0.15, 0.2) is 42.5 Å². The Balaban J connectivity index is 2.06. The molecular formula is C16H17ClFN. The van der Waals surface area contributed by atoms with E-state index in [4.69, 9.17) is 11.6 Å². The summed E-state index contributed by atoms with van der Waals surface area (Å²) in [5, 5.41) is 4.03. The van der Waals surface area contributed by atoms with E-state index in [1.807, 2.05) is 44.2 Å². The minimum Gasteiger partial charge on any atom is -0.306 e. The molecule has 1 N–H and O–H groups in total. The number of nitrogens with one attached hydrogen (secondary N) is 1. The van der Waals surface area contributed by atoms with Crippen molar-refractivity contribution in [2.24, 2.45) is 0 Å². The van der Waals surface area contributed by atoms with Gasteiger partial charge in [-0.05, 0) is 31.5 Å². The predicted octanol–water partition coefficient (Wildman–Crippen LogP) is 4.64. The van der Waals surface area contributed by atoms with Crippen LogP contribution in [-0.4, -0.2) is 0 Å². The Labute approximate surface area is 118 Å². The van der Waals surface area contributed by atoms with Gasteiger partial charge in [-0.2, -0.15) is 0 Å². The Morgan fingerprint density at radius 3 is 2.68 bits per heavy atom. The summed E-state index contributed by atoms with van der Waals surface area (Å²) in [6.45, 7) is 4.47. The molecule has 0 aliphatic carbocycles. The third-order valence-electron chi connectivity index (χ3n) is 3.17. The van der Waals surface area contributed by atoms with Crippen LogP contribution in [0.2, 0.25) is 5.02 Å². The third kappa shape index (κ3) is 3.55. The average Bonchev–Trinajstić information content (AvgIpc) is 2.40. The van der Waals surface area contributed by atoms with Gasteiger partial charge < -0.3 is 5.32 Å². The molecule has 0 radical (unpaired) electrons. The second kappa shape index (κ2) is 6.18. The van der Waals surface area contributed by atoms with Gasteiger partial charge >= 0.3 is 0 Å². The zero-order chi connectivity index (χ0) is 13.8. The maximum absolute atomic E-state index is 13.6. The van der Waals surface area contributed by atoms with Crippen molar-refractivity contribution in [1.82, 2.24) is 5.32 Å². The Morgan fingerprint density at radius 2 is 1.95 bits per heavy atom. The summed E-state index contributed by atoms with van der Waals surface area (Å²) < 4.78 is 13.6. The number of rotatable bonds is 4. The molecule has 1 atom stereocenters. The molecule has 1 nitrogen and oxygen atoms in total. The highest BCUT2D eigenvalue weighted by Crippen LogP contribution is 2.22. The van der Waals surface area contributed by atoms with Crippen LogP contribution in [0.5, 0.6) is 0 Å². The standard InChI is InChI=1S/C16H17ClFN/c1-11-7-8-16(18)13(9-11)10-19-12(2)14-5-3-4-6-15(14)17/h3-9,12,19H,10H2,1-2H3/t12-/m0/s1. The van der Waals surface area contributed by atoms with Crippen molar-refractivity contribution in [3.8, 4) is 0 Å². The van der Waals surface area contributed by atoms with Gasteiger partial charge in [0.2, 0.25) is 0 Å². The third-order valence-corrected chi connectivity index (χ3v) is 3.52. The summed E-state index contributed by atoms with van der Waals surface area (Å²) in [4.78, 5) is 0. The molecule has 2 rings (SSSR count). The molecule has 0 aliphatic heterocycles. The fourth-order valence-corrected chi connectivity index (χ4v) is 2.34. The summed E-state index contributed by atoms with van der Waals surface area (Å²) in [6.07, 6.45) is 0. The number of hydrogen-bond acceptors (Lipinski definition) is 1. The van der Waals surface area contributed by atoms with E-state index >= 15 is 0 Å². The summed E-state index contributed by atoms with van der Waals surface area (Å²) in [5.74, 6) is -0.176. The second-order valence-electron chi connectivity index (χ2n) is 4.72. The number of aryl methyl sites for hydroxylation is 1. The van der Waals surface area contributed by atoms with E-state index in [-0.39, 0.29) is 11.9 Å². The molecule has 0 aromatic heterocycles. The van der Waals surface area contributed by atoms with Gasteiger partial charge in [0.15, 0.2) is 0 Å². The van der Waals surface area contributed by atoms with E-state index in [9.17, 15) is 4.39 Å². The van der Waals surface area contributed by atoms with Gasteiger partial charge in [0.1, 0.15) is 5.82 Å². The van der Waals surface area contributed by atoms with Crippen LogP contribution in [-0.2, 0) is 6.54 Å². The van der Waals surface area contributed by atoms with E-state index in [1.165, 1.54) is 6.07 Å². The van der Waals surface area contributed by atoms with Crippen molar-refractivity contribution in [2.45, 2.75) is 26.4 Å². The summed E-state index contributed by atoms with van der Waals surface area (Å²) in [7, 11) is 0.